The number of β-lactam (4-membered cyclic amide) rings is 1. The molecule has 2 saturated heterocycles. The number of halogens is 1. The second-order valence-electron chi connectivity index (χ2n) is 8.77. The van der Waals surface area contributed by atoms with Gasteiger partial charge in [0.25, 0.3) is 0 Å². The minimum Gasteiger partial charge on any atom is -0.504 e. The van der Waals surface area contributed by atoms with Crippen LogP contribution in [-0.2, 0) is 25.8 Å². The SMILES string of the molecule is C[C@]1(C=NCC(=O)c2ccc(CC(=O)c3ccc(O)c(O)c3Cl)cn2)[C@H](C(=O)O)N2C(=O)C[C@H]2S1(=O)=O. The highest BCUT2D eigenvalue weighted by atomic mass is 35.5. The number of aromatic nitrogens is 1. The maximum absolute atomic E-state index is 12.9. The zero-order valence-corrected chi connectivity index (χ0v) is 20.7. The summed E-state index contributed by atoms with van der Waals surface area (Å²) in [5.41, 5.74) is 0.395. The van der Waals surface area contributed by atoms with Crippen LogP contribution >= 0.6 is 11.6 Å². The molecule has 2 aliphatic rings. The molecular weight excluding hydrogens is 530 g/mol. The number of aliphatic imine (C=N–C) groups is 1. The number of aromatic hydroxyl groups is 2. The number of phenols is 2. The summed E-state index contributed by atoms with van der Waals surface area (Å²) < 4.78 is 23.7. The van der Waals surface area contributed by atoms with E-state index < -0.39 is 67.5 Å². The lowest BCUT2D eigenvalue weighted by atomic mass is 9.97. The van der Waals surface area contributed by atoms with Crippen LogP contribution in [0.2, 0.25) is 5.02 Å². The van der Waals surface area contributed by atoms with Crippen LogP contribution in [0.3, 0.4) is 0 Å². The third kappa shape index (κ3) is 4.23. The van der Waals surface area contributed by atoms with Crippen molar-refractivity contribution in [2.45, 2.75) is 35.9 Å². The molecule has 0 spiro atoms. The van der Waals surface area contributed by atoms with Crippen molar-refractivity contribution in [2.24, 2.45) is 4.99 Å². The van der Waals surface area contributed by atoms with Crippen molar-refractivity contribution in [1.82, 2.24) is 9.88 Å². The molecule has 1 aromatic carbocycles. The Morgan fingerprint density at radius 3 is 2.51 bits per heavy atom. The summed E-state index contributed by atoms with van der Waals surface area (Å²) in [6, 6.07) is 3.55. The minimum atomic E-state index is -4.09. The topological polar surface area (TPSA) is 192 Å². The number of phenolic OH excluding ortho intramolecular Hbond substituents is 2. The molecule has 1 amide bonds. The summed E-state index contributed by atoms with van der Waals surface area (Å²) in [4.78, 5) is 57.3. The number of nitrogens with zero attached hydrogens (tertiary/aromatic N) is 3. The van der Waals surface area contributed by atoms with Crippen LogP contribution in [-0.4, -0.2) is 86.0 Å². The van der Waals surface area contributed by atoms with E-state index in [0.29, 0.717) is 5.56 Å². The Bertz CT molecular complexity index is 1470. The predicted molar refractivity (Wildman–Crippen MR) is 129 cm³/mol. The number of rotatable bonds is 8. The highest BCUT2D eigenvalue weighted by Gasteiger charge is 2.69. The number of ketones is 2. The first kappa shape index (κ1) is 26.2. The van der Waals surface area contributed by atoms with E-state index in [2.05, 4.69) is 9.98 Å². The van der Waals surface area contributed by atoms with Crippen LogP contribution in [0.4, 0.5) is 0 Å². The molecule has 0 bridgehead atoms. The van der Waals surface area contributed by atoms with Gasteiger partial charge in [0.05, 0.1) is 11.4 Å². The van der Waals surface area contributed by atoms with Gasteiger partial charge < -0.3 is 20.2 Å². The lowest BCUT2D eigenvalue weighted by molar-refractivity contribution is -0.156. The molecule has 3 N–H and O–H groups in total. The molecule has 12 nitrogen and oxygen atoms in total. The molecule has 37 heavy (non-hydrogen) atoms. The van der Waals surface area contributed by atoms with E-state index in [1.165, 1.54) is 24.4 Å². The first-order chi connectivity index (χ1) is 17.3. The number of benzene rings is 1. The highest BCUT2D eigenvalue weighted by molar-refractivity contribution is 7.94. The summed E-state index contributed by atoms with van der Waals surface area (Å²) in [5, 5.41) is 27.2. The zero-order chi connectivity index (χ0) is 27.3. The Kier molecular flexibility index (Phi) is 6.54. The number of pyridine rings is 1. The van der Waals surface area contributed by atoms with Crippen LogP contribution in [0.25, 0.3) is 0 Å². The van der Waals surface area contributed by atoms with Crippen molar-refractivity contribution in [3.8, 4) is 11.5 Å². The third-order valence-electron chi connectivity index (χ3n) is 6.43. The molecule has 2 aliphatic heterocycles. The molecule has 4 rings (SSSR count). The van der Waals surface area contributed by atoms with Crippen LogP contribution in [0.15, 0.2) is 35.5 Å². The fraction of sp³-hybridized carbons (Fsp3) is 0.304. The molecule has 0 radical (unpaired) electrons. The Balaban J connectivity index is 1.44. The summed E-state index contributed by atoms with van der Waals surface area (Å²) in [5.74, 6) is -4.21. The first-order valence-electron chi connectivity index (χ1n) is 10.8. The molecule has 2 aromatic rings. The monoisotopic (exact) mass is 549 g/mol. The molecule has 3 atom stereocenters. The number of fused-ring (bicyclic) bond motifs is 1. The number of amides is 1. The highest BCUT2D eigenvalue weighted by Crippen LogP contribution is 2.45. The fourth-order valence-electron chi connectivity index (χ4n) is 4.34. The Labute approximate surface area is 215 Å². The number of sulfone groups is 1. The minimum absolute atomic E-state index is 0.00653. The molecule has 2 fully saturated rings. The van der Waals surface area contributed by atoms with E-state index in [-0.39, 0.29) is 29.1 Å². The van der Waals surface area contributed by atoms with Gasteiger partial charge in [0.15, 0.2) is 33.2 Å². The molecule has 0 saturated carbocycles. The van der Waals surface area contributed by atoms with Gasteiger partial charge in [0, 0.05) is 24.4 Å². The number of carboxylic acids is 1. The van der Waals surface area contributed by atoms with Crippen molar-refractivity contribution in [3.63, 3.8) is 0 Å². The van der Waals surface area contributed by atoms with E-state index in [0.717, 1.165) is 24.1 Å². The van der Waals surface area contributed by atoms with Gasteiger partial charge in [0.2, 0.25) is 11.7 Å². The van der Waals surface area contributed by atoms with E-state index in [1.54, 1.807) is 0 Å². The molecule has 0 unspecified atom stereocenters. The number of aliphatic carboxylic acids is 1. The van der Waals surface area contributed by atoms with Crippen LogP contribution in [0, 0.1) is 0 Å². The maximum Gasteiger partial charge on any atom is 0.328 e. The third-order valence-corrected chi connectivity index (χ3v) is 9.47. The quantitative estimate of drug-likeness (QED) is 0.185. The summed E-state index contributed by atoms with van der Waals surface area (Å²) in [6.07, 6.45) is 1.72. The van der Waals surface area contributed by atoms with Crippen LogP contribution in [0.5, 0.6) is 11.5 Å². The van der Waals surface area contributed by atoms with Crippen molar-refractivity contribution in [2.75, 3.05) is 6.54 Å². The molecule has 14 heteroatoms. The molecule has 194 valence electrons. The summed E-state index contributed by atoms with van der Waals surface area (Å²) in [6.45, 7) is 0.634. The summed E-state index contributed by atoms with van der Waals surface area (Å²) >= 11 is 5.91. The average molecular weight is 550 g/mol. The second-order valence-corrected chi connectivity index (χ2v) is 11.7. The molecule has 1 aromatic heterocycles. The number of hydrogen-bond acceptors (Lipinski definition) is 10. The van der Waals surface area contributed by atoms with Crippen molar-refractivity contribution < 1.29 is 42.9 Å². The van der Waals surface area contributed by atoms with E-state index in [1.807, 2.05) is 0 Å². The van der Waals surface area contributed by atoms with E-state index in [4.69, 9.17) is 11.6 Å². The standard InChI is InChI=1S/C23H20ClN3O9S/c1-23(21(22(33)34)27-17(31)7-18(27)37(23,35)36)10-25-9-16(30)13-4-2-11(8-26-13)6-15(29)12-3-5-14(28)20(32)19(12)24/h2-5,8,10,18,21,28,32H,6-7,9H2,1H3,(H,33,34)/t18-,21+,23+/m1/s1. The fourth-order valence-corrected chi connectivity index (χ4v) is 6.84. The Morgan fingerprint density at radius 1 is 1.22 bits per heavy atom. The van der Waals surface area contributed by atoms with Gasteiger partial charge in [-0.15, -0.1) is 0 Å². The Morgan fingerprint density at radius 2 is 1.92 bits per heavy atom. The van der Waals surface area contributed by atoms with Crippen LogP contribution in [0.1, 0.15) is 39.8 Å². The van der Waals surface area contributed by atoms with Gasteiger partial charge in [-0.2, -0.15) is 0 Å². The number of carbonyl (C=O) groups is 4. The lowest BCUT2D eigenvalue weighted by Crippen LogP contribution is -2.57. The zero-order valence-electron chi connectivity index (χ0n) is 19.2. The normalized spacial score (nSPS) is 24.1. The van der Waals surface area contributed by atoms with Crippen LogP contribution < -0.4 is 0 Å². The van der Waals surface area contributed by atoms with E-state index >= 15 is 0 Å². The van der Waals surface area contributed by atoms with Crippen molar-refractivity contribution in [3.05, 3.63) is 52.3 Å². The smallest absolute Gasteiger partial charge is 0.328 e. The van der Waals surface area contributed by atoms with Gasteiger partial charge >= 0.3 is 5.97 Å². The lowest BCUT2D eigenvalue weighted by Gasteiger charge is -2.35. The van der Waals surface area contributed by atoms with Gasteiger partial charge in [-0.1, -0.05) is 17.7 Å². The van der Waals surface area contributed by atoms with E-state index in [9.17, 15) is 42.9 Å². The van der Waals surface area contributed by atoms with Crippen molar-refractivity contribution in [1.29, 1.82) is 0 Å². The van der Waals surface area contributed by atoms with Crippen molar-refractivity contribution >= 4 is 51.1 Å². The number of carbonyl (C=O) groups excluding carboxylic acids is 3. The number of carboxylic acid groups (broad SMARTS) is 1. The average Bonchev–Trinajstić information content (AvgIpc) is 2.97. The second kappa shape index (κ2) is 9.23. The maximum atomic E-state index is 12.9. The van der Waals surface area contributed by atoms with Gasteiger partial charge in [-0.05, 0) is 30.7 Å². The number of Topliss-reactive ketones (excluding diaryl/α,β-unsaturated/α-hetero) is 2. The first-order valence-corrected chi connectivity index (χ1v) is 12.7. The largest absolute Gasteiger partial charge is 0.504 e. The predicted octanol–water partition coefficient (Wildman–Crippen LogP) is 1.02. The Hall–Kier alpha value is -3.84. The molecule has 3 heterocycles. The molecular formula is C23H20ClN3O9S. The van der Waals surface area contributed by atoms with Gasteiger partial charge in [-0.3, -0.25) is 24.4 Å². The van der Waals surface area contributed by atoms with Gasteiger partial charge in [0.1, 0.15) is 22.4 Å². The summed E-state index contributed by atoms with van der Waals surface area (Å²) in [7, 11) is -4.09. The number of hydrogen-bond donors (Lipinski definition) is 3. The molecule has 0 aliphatic carbocycles. The van der Waals surface area contributed by atoms with Gasteiger partial charge in [-0.25, -0.2) is 13.2 Å².